The smallest absolute Gasteiger partial charge is 0.279 e. The molecule has 0 saturated heterocycles. The molecular formula is C18H19N2OS. The average Bonchev–Trinajstić information content (AvgIpc) is 2.91. The Morgan fingerprint density at radius 1 is 1.14 bits per heavy atom. The highest BCUT2D eigenvalue weighted by Gasteiger charge is 2.06. The van der Waals surface area contributed by atoms with Crippen LogP contribution in [0.2, 0.25) is 0 Å². The molecule has 0 bridgehead atoms. The monoisotopic (exact) mass is 311 g/mol. The van der Waals surface area contributed by atoms with Gasteiger partial charge in [-0.15, -0.1) is 0 Å². The molecule has 1 aromatic heterocycles. The number of hydrogen-bond acceptors (Lipinski definition) is 4. The molecule has 0 fully saturated rings. The molecule has 113 valence electrons. The molecule has 4 heteroatoms. The van der Waals surface area contributed by atoms with Crippen LogP contribution in [0, 0.1) is 6.92 Å². The van der Waals surface area contributed by atoms with Crippen molar-refractivity contribution in [2.75, 3.05) is 13.6 Å². The first-order valence-electron chi connectivity index (χ1n) is 7.35. The van der Waals surface area contributed by atoms with E-state index in [9.17, 15) is 0 Å². The summed E-state index contributed by atoms with van der Waals surface area (Å²) in [7, 11) is 2.11. The Balaban J connectivity index is 1.67. The lowest BCUT2D eigenvalue weighted by molar-refractivity contribution is 0.333. The van der Waals surface area contributed by atoms with Crippen molar-refractivity contribution in [1.82, 2.24) is 9.88 Å². The van der Waals surface area contributed by atoms with E-state index in [2.05, 4.69) is 42.1 Å². The van der Waals surface area contributed by atoms with Crippen molar-refractivity contribution in [2.24, 2.45) is 0 Å². The summed E-state index contributed by atoms with van der Waals surface area (Å²) in [4.78, 5) is 6.74. The molecule has 1 radical (unpaired) electrons. The first-order chi connectivity index (χ1) is 10.7. The molecule has 0 amide bonds. The zero-order valence-electron chi connectivity index (χ0n) is 12.7. The first-order valence-corrected chi connectivity index (χ1v) is 8.16. The lowest BCUT2D eigenvalue weighted by Crippen LogP contribution is -2.18. The molecule has 2 aromatic carbocycles. The lowest BCUT2D eigenvalue weighted by Gasteiger charge is -2.15. The Labute approximate surface area is 135 Å². The Morgan fingerprint density at radius 3 is 2.64 bits per heavy atom. The van der Waals surface area contributed by atoms with E-state index in [0.717, 1.165) is 35.5 Å². The van der Waals surface area contributed by atoms with E-state index in [4.69, 9.17) is 4.74 Å². The minimum absolute atomic E-state index is 0.683. The van der Waals surface area contributed by atoms with E-state index in [1.54, 1.807) is 11.3 Å². The highest BCUT2D eigenvalue weighted by atomic mass is 32.1. The van der Waals surface area contributed by atoms with Crippen LogP contribution in [0.4, 0.5) is 0 Å². The molecule has 1 heterocycles. The Hall–Kier alpha value is -1.91. The fraction of sp³-hybridized carbons (Fsp3) is 0.222. The summed E-state index contributed by atoms with van der Waals surface area (Å²) in [5.41, 5.74) is 2.25. The molecule has 0 unspecified atom stereocenters. The second kappa shape index (κ2) is 6.90. The fourth-order valence-corrected chi connectivity index (χ4v) is 3.15. The van der Waals surface area contributed by atoms with Gasteiger partial charge in [-0.05, 0) is 49.8 Å². The number of fused-ring (bicyclic) bond motifs is 1. The third-order valence-electron chi connectivity index (χ3n) is 3.40. The maximum atomic E-state index is 5.85. The van der Waals surface area contributed by atoms with Crippen molar-refractivity contribution < 1.29 is 4.74 Å². The number of nitrogens with zero attached hydrogens (tertiary/aromatic N) is 2. The predicted octanol–water partition coefficient (Wildman–Crippen LogP) is 4.74. The van der Waals surface area contributed by atoms with Crippen LogP contribution in [-0.2, 0) is 6.54 Å². The molecule has 3 nitrogen and oxygen atoms in total. The molecule has 3 aromatic rings. The summed E-state index contributed by atoms with van der Waals surface area (Å²) < 4.78 is 7.00. The number of para-hydroxylation sites is 1. The summed E-state index contributed by atoms with van der Waals surface area (Å²) >= 11 is 1.57. The van der Waals surface area contributed by atoms with Gasteiger partial charge in [0.15, 0.2) is 0 Å². The molecule has 0 spiro atoms. The van der Waals surface area contributed by atoms with E-state index in [-0.39, 0.29) is 0 Å². The number of ether oxygens (including phenoxy) is 1. The van der Waals surface area contributed by atoms with E-state index in [1.807, 2.05) is 30.3 Å². The van der Waals surface area contributed by atoms with Gasteiger partial charge < -0.3 is 9.64 Å². The van der Waals surface area contributed by atoms with E-state index >= 15 is 0 Å². The Kier molecular flexibility index (Phi) is 4.71. The summed E-state index contributed by atoms with van der Waals surface area (Å²) in [5, 5.41) is 0.683. The van der Waals surface area contributed by atoms with Gasteiger partial charge in [-0.2, -0.15) is 0 Å². The predicted molar refractivity (Wildman–Crippen MR) is 92.4 cm³/mol. The third kappa shape index (κ3) is 3.64. The van der Waals surface area contributed by atoms with Crippen molar-refractivity contribution >= 4 is 21.6 Å². The first kappa shape index (κ1) is 15.0. The quantitative estimate of drug-likeness (QED) is 0.657. The molecular weight excluding hydrogens is 292 g/mol. The van der Waals surface area contributed by atoms with Crippen LogP contribution in [0.3, 0.4) is 0 Å². The van der Waals surface area contributed by atoms with Gasteiger partial charge in [0.25, 0.3) is 5.19 Å². The topological polar surface area (TPSA) is 25.4 Å². The van der Waals surface area contributed by atoms with Gasteiger partial charge in [0.1, 0.15) is 5.75 Å². The highest BCUT2D eigenvalue weighted by Crippen LogP contribution is 2.31. The van der Waals surface area contributed by atoms with Gasteiger partial charge in [0, 0.05) is 6.54 Å². The summed E-state index contributed by atoms with van der Waals surface area (Å²) in [6.45, 7) is 5.81. The highest BCUT2D eigenvalue weighted by molar-refractivity contribution is 7.20. The largest absolute Gasteiger partial charge is 0.431 e. The van der Waals surface area contributed by atoms with Crippen molar-refractivity contribution in [3.8, 4) is 10.9 Å². The molecule has 0 aliphatic carbocycles. The summed E-state index contributed by atoms with van der Waals surface area (Å²) in [6.07, 6.45) is 0.926. The molecule has 0 N–H and O–H groups in total. The number of benzene rings is 2. The number of aromatic nitrogens is 1. The number of thiazole rings is 1. The van der Waals surface area contributed by atoms with Crippen LogP contribution < -0.4 is 4.74 Å². The SMILES string of the molecule is [CH2]CCN(C)Cc1ccc(Oc2nc3ccccc3s2)cc1. The summed E-state index contributed by atoms with van der Waals surface area (Å²) in [5.74, 6) is 0.822. The van der Waals surface area contributed by atoms with Crippen LogP contribution in [0.5, 0.6) is 10.9 Å². The minimum Gasteiger partial charge on any atom is -0.431 e. The average molecular weight is 311 g/mol. The maximum Gasteiger partial charge on any atom is 0.279 e. The molecule has 0 atom stereocenters. The molecule has 0 aliphatic rings. The number of rotatable bonds is 6. The van der Waals surface area contributed by atoms with Gasteiger partial charge in [-0.25, -0.2) is 4.98 Å². The van der Waals surface area contributed by atoms with Crippen LogP contribution in [0.25, 0.3) is 10.2 Å². The molecule has 22 heavy (non-hydrogen) atoms. The fourth-order valence-electron chi connectivity index (χ4n) is 2.32. The van der Waals surface area contributed by atoms with Crippen LogP contribution in [0.1, 0.15) is 12.0 Å². The molecule has 3 rings (SSSR count). The second-order valence-electron chi connectivity index (χ2n) is 5.28. The third-order valence-corrected chi connectivity index (χ3v) is 4.31. The van der Waals surface area contributed by atoms with Gasteiger partial charge in [0.2, 0.25) is 0 Å². The van der Waals surface area contributed by atoms with E-state index in [1.165, 1.54) is 5.56 Å². The van der Waals surface area contributed by atoms with Crippen LogP contribution in [0.15, 0.2) is 48.5 Å². The van der Waals surface area contributed by atoms with E-state index in [0.29, 0.717) is 5.19 Å². The van der Waals surface area contributed by atoms with E-state index < -0.39 is 0 Å². The normalized spacial score (nSPS) is 11.2. The van der Waals surface area contributed by atoms with Crippen molar-refractivity contribution in [3.05, 3.63) is 61.0 Å². The van der Waals surface area contributed by atoms with Gasteiger partial charge in [0.05, 0.1) is 10.2 Å². The van der Waals surface area contributed by atoms with Gasteiger partial charge >= 0.3 is 0 Å². The number of hydrogen-bond donors (Lipinski definition) is 0. The molecule has 0 aliphatic heterocycles. The van der Waals surface area contributed by atoms with Crippen molar-refractivity contribution in [1.29, 1.82) is 0 Å². The zero-order chi connectivity index (χ0) is 15.4. The Bertz CT molecular complexity index is 703. The van der Waals surface area contributed by atoms with Crippen LogP contribution >= 0.6 is 11.3 Å². The maximum absolute atomic E-state index is 5.85. The Morgan fingerprint density at radius 2 is 1.91 bits per heavy atom. The summed E-state index contributed by atoms with van der Waals surface area (Å²) in [6, 6.07) is 16.3. The van der Waals surface area contributed by atoms with Crippen LogP contribution in [-0.4, -0.2) is 23.5 Å². The van der Waals surface area contributed by atoms with Crippen molar-refractivity contribution in [2.45, 2.75) is 13.0 Å². The standard InChI is InChI=1S/C18H19N2OS/c1-3-12-20(2)13-14-8-10-15(11-9-14)21-18-19-16-6-4-5-7-17(16)22-18/h4-11H,1,3,12-13H2,2H3. The lowest BCUT2D eigenvalue weighted by atomic mass is 10.2. The van der Waals surface area contributed by atoms with Gasteiger partial charge in [-0.3, -0.25) is 0 Å². The molecule has 0 saturated carbocycles. The zero-order valence-corrected chi connectivity index (χ0v) is 13.5. The second-order valence-corrected chi connectivity index (χ2v) is 6.28. The van der Waals surface area contributed by atoms with Crippen molar-refractivity contribution in [3.63, 3.8) is 0 Å². The minimum atomic E-state index is 0.683. The van der Waals surface area contributed by atoms with Gasteiger partial charge in [-0.1, -0.05) is 42.5 Å².